The number of rotatable bonds is 7. The molecule has 112 valence electrons. The molecular weight excluding hydrogens is 266 g/mol. The van der Waals surface area contributed by atoms with E-state index in [0.717, 1.165) is 12.8 Å². The number of sulfonamides is 1. The summed E-state index contributed by atoms with van der Waals surface area (Å²) < 4.78 is 25.3. The van der Waals surface area contributed by atoms with E-state index in [1.807, 2.05) is 6.92 Å². The van der Waals surface area contributed by atoms with Crippen LogP contribution in [-0.2, 0) is 14.8 Å². The molecule has 1 aliphatic rings. The van der Waals surface area contributed by atoms with Crippen molar-refractivity contribution in [1.82, 2.24) is 9.21 Å². The number of carbonyl (C=O) groups is 1. The quantitative estimate of drug-likeness (QED) is 0.669. The van der Waals surface area contributed by atoms with Gasteiger partial charge in [0.15, 0.2) is 0 Å². The fraction of sp³-hybridized carbons (Fsp3) is 0.917. The van der Waals surface area contributed by atoms with Crippen LogP contribution in [0.3, 0.4) is 0 Å². The summed E-state index contributed by atoms with van der Waals surface area (Å²) in [6, 6.07) is 0. The summed E-state index contributed by atoms with van der Waals surface area (Å²) in [5.41, 5.74) is 5.39. The third-order valence-electron chi connectivity index (χ3n) is 3.29. The van der Waals surface area contributed by atoms with Crippen LogP contribution in [-0.4, -0.2) is 62.0 Å². The van der Waals surface area contributed by atoms with Crippen LogP contribution >= 0.6 is 0 Å². The standard InChI is InChI=1S/C12H25N3O3S/c1-2-11-19(17,18)15-9-7-14(8-10-15)12(16)5-3-4-6-13/h2-11,13H2,1H3. The van der Waals surface area contributed by atoms with Gasteiger partial charge in [-0.05, 0) is 25.8 Å². The summed E-state index contributed by atoms with van der Waals surface area (Å²) in [6.45, 7) is 4.32. The Hall–Kier alpha value is -0.660. The Balaban J connectivity index is 2.38. The first kappa shape index (κ1) is 16.4. The number of nitrogens with two attached hydrogens (primary N) is 1. The molecule has 0 aromatic heterocycles. The first-order chi connectivity index (χ1) is 9.01. The molecule has 1 amide bonds. The highest BCUT2D eigenvalue weighted by molar-refractivity contribution is 7.89. The SMILES string of the molecule is CCCS(=O)(=O)N1CCN(C(=O)CCCCN)CC1. The van der Waals surface area contributed by atoms with E-state index in [0.29, 0.717) is 45.6 Å². The predicted molar refractivity (Wildman–Crippen MR) is 75.1 cm³/mol. The lowest BCUT2D eigenvalue weighted by atomic mass is 10.2. The zero-order valence-corrected chi connectivity index (χ0v) is 12.5. The second-order valence-electron chi connectivity index (χ2n) is 4.84. The molecule has 2 N–H and O–H groups in total. The van der Waals surface area contributed by atoms with E-state index in [9.17, 15) is 13.2 Å². The van der Waals surface area contributed by atoms with Gasteiger partial charge in [-0.2, -0.15) is 4.31 Å². The topological polar surface area (TPSA) is 83.7 Å². The second-order valence-corrected chi connectivity index (χ2v) is 6.93. The Bertz CT molecular complexity index is 376. The Morgan fingerprint density at radius 1 is 1.16 bits per heavy atom. The van der Waals surface area contributed by atoms with Crippen molar-refractivity contribution in [2.75, 3.05) is 38.5 Å². The van der Waals surface area contributed by atoms with Gasteiger partial charge in [0.25, 0.3) is 0 Å². The van der Waals surface area contributed by atoms with Crippen molar-refractivity contribution in [3.05, 3.63) is 0 Å². The zero-order valence-electron chi connectivity index (χ0n) is 11.7. The van der Waals surface area contributed by atoms with Crippen LogP contribution in [0.4, 0.5) is 0 Å². The molecule has 0 unspecified atom stereocenters. The van der Waals surface area contributed by atoms with Gasteiger partial charge in [0, 0.05) is 32.6 Å². The highest BCUT2D eigenvalue weighted by Gasteiger charge is 2.27. The van der Waals surface area contributed by atoms with Gasteiger partial charge in [-0.25, -0.2) is 8.42 Å². The number of hydrogen-bond acceptors (Lipinski definition) is 4. The van der Waals surface area contributed by atoms with Gasteiger partial charge in [0.1, 0.15) is 0 Å². The molecule has 0 aromatic rings. The minimum absolute atomic E-state index is 0.112. The van der Waals surface area contributed by atoms with E-state index >= 15 is 0 Å². The third kappa shape index (κ3) is 5.08. The summed E-state index contributed by atoms with van der Waals surface area (Å²) in [4.78, 5) is 13.6. The Labute approximate surface area is 116 Å². The van der Waals surface area contributed by atoms with Crippen molar-refractivity contribution in [2.24, 2.45) is 5.73 Å². The maximum Gasteiger partial charge on any atom is 0.222 e. The van der Waals surface area contributed by atoms with E-state index in [1.165, 1.54) is 4.31 Å². The molecule has 1 saturated heterocycles. The van der Waals surface area contributed by atoms with Gasteiger partial charge in [-0.1, -0.05) is 6.92 Å². The Morgan fingerprint density at radius 3 is 2.32 bits per heavy atom. The van der Waals surface area contributed by atoms with Gasteiger partial charge in [-0.3, -0.25) is 4.79 Å². The molecule has 0 spiro atoms. The molecule has 0 aromatic carbocycles. The van der Waals surface area contributed by atoms with E-state index in [1.54, 1.807) is 4.90 Å². The average Bonchev–Trinajstić information content (AvgIpc) is 2.39. The third-order valence-corrected chi connectivity index (χ3v) is 5.37. The van der Waals surface area contributed by atoms with E-state index < -0.39 is 10.0 Å². The molecule has 1 aliphatic heterocycles. The molecule has 0 radical (unpaired) electrons. The maximum absolute atomic E-state index is 11.9. The van der Waals surface area contributed by atoms with Crippen molar-refractivity contribution in [3.8, 4) is 0 Å². The van der Waals surface area contributed by atoms with Crippen LogP contribution in [0, 0.1) is 0 Å². The molecule has 0 saturated carbocycles. The molecule has 6 nitrogen and oxygen atoms in total. The summed E-state index contributed by atoms with van der Waals surface area (Å²) in [5.74, 6) is 0.304. The normalized spacial score (nSPS) is 17.7. The van der Waals surface area contributed by atoms with Crippen LogP contribution in [0.2, 0.25) is 0 Å². The second kappa shape index (κ2) is 7.81. The largest absolute Gasteiger partial charge is 0.340 e. The molecular formula is C12H25N3O3S. The van der Waals surface area contributed by atoms with Crippen LogP contribution in [0.25, 0.3) is 0 Å². The van der Waals surface area contributed by atoms with E-state index in [-0.39, 0.29) is 11.7 Å². The lowest BCUT2D eigenvalue weighted by Gasteiger charge is -2.34. The lowest BCUT2D eigenvalue weighted by molar-refractivity contribution is -0.132. The Morgan fingerprint density at radius 2 is 1.79 bits per heavy atom. The van der Waals surface area contributed by atoms with Gasteiger partial charge in [-0.15, -0.1) is 0 Å². The molecule has 1 heterocycles. The molecule has 0 bridgehead atoms. The molecule has 1 rings (SSSR count). The summed E-state index contributed by atoms with van der Waals surface area (Å²) in [5, 5.41) is 0. The van der Waals surface area contributed by atoms with Crippen molar-refractivity contribution in [2.45, 2.75) is 32.6 Å². The van der Waals surface area contributed by atoms with Gasteiger partial charge >= 0.3 is 0 Å². The lowest BCUT2D eigenvalue weighted by Crippen LogP contribution is -2.51. The summed E-state index contributed by atoms with van der Waals surface area (Å²) in [6.07, 6.45) is 2.81. The minimum Gasteiger partial charge on any atom is -0.340 e. The number of amides is 1. The highest BCUT2D eigenvalue weighted by atomic mass is 32.2. The predicted octanol–water partition coefficient (Wildman–Crippen LogP) is -0.000600. The molecule has 7 heteroatoms. The summed E-state index contributed by atoms with van der Waals surface area (Å²) >= 11 is 0. The average molecular weight is 291 g/mol. The first-order valence-electron chi connectivity index (χ1n) is 6.97. The van der Waals surface area contributed by atoms with Crippen LogP contribution in [0.5, 0.6) is 0 Å². The number of hydrogen-bond donors (Lipinski definition) is 1. The molecule has 19 heavy (non-hydrogen) atoms. The molecule has 0 aliphatic carbocycles. The van der Waals surface area contributed by atoms with E-state index in [2.05, 4.69) is 0 Å². The first-order valence-corrected chi connectivity index (χ1v) is 8.58. The van der Waals surface area contributed by atoms with Crippen molar-refractivity contribution in [1.29, 1.82) is 0 Å². The number of nitrogens with zero attached hydrogens (tertiary/aromatic N) is 2. The van der Waals surface area contributed by atoms with Gasteiger partial charge < -0.3 is 10.6 Å². The molecule has 0 atom stereocenters. The van der Waals surface area contributed by atoms with Gasteiger partial charge in [0.05, 0.1) is 5.75 Å². The number of piperazine rings is 1. The minimum atomic E-state index is -3.12. The maximum atomic E-state index is 11.9. The van der Waals surface area contributed by atoms with E-state index in [4.69, 9.17) is 5.73 Å². The fourth-order valence-electron chi connectivity index (χ4n) is 2.18. The smallest absolute Gasteiger partial charge is 0.222 e. The van der Waals surface area contributed by atoms with Crippen LogP contribution < -0.4 is 5.73 Å². The number of unbranched alkanes of at least 4 members (excludes halogenated alkanes) is 1. The zero-order chi connectivity index (χ0) is 14.3. The Kier molecular flexibility index (Phi) is 6.74. The number of carbonyl (C=O) groups excluding carboxylic acids is 1. The van der Waals surface area contributed by atoms with Crippen molar-refractivity contribution >= 4 is 15.9 Å². The fourth-order valence-corrected chi connectivity index (χ4v) is 3.68. The summed E-state index contributed by atoms with van der Waals surface area (Å²) in [7, 11) is -3.12. The van der Waals surface area contributed by atoms with Crippen LogP contribution in [0.1, 0.15) is 32.6 Å². The molecule has 1 fully saturated rings. The highest BCUT2D eigenvalue weighted by Crippen LogP contribution is 2.10. The monoisotopic (exact) mass is 291 g/mol. The van der Waals surface area contributed by atoms with Crippen molar-refractivity contribution < 1.29 is 13.2 Å². The van der Waals surface area contributed by atoms with Gasteiger partial charge in [0.2, 0.25) is 15.9 Å². The van der Waals surface area contributed by atoms with Crippen LogP contribution in [0.15, 0.2) is 0 Å². The van der Waals surface area contributed by atoms with Crippen molar-refractivity contribution in [3.63, 3.8) is 0 Å².